The fourth-order valence-corrected chi connectivity index (χ4v) is 3.86. The van der Waals surface area contributed by atoms with Crippen LogP contribution in [0.2, 0.25) is 5.02 Å². The van der Waals surface area contributed by atoms with Gasteiger partial charge in [-0.25, -0.2) is 0 Å². The molecule has 0 N–H and O–H groups in total. The van der Waals surface area contributed by atoms with Crippen LogP contribution in [0, 0.1) is 11.4 Å². The molecule has 1 heterocycles. The Balaban J connectivity index is 2.19. The van der Waals surface area contributed by atoms with E-state index in [2.05, 4.69) is 43.3 Å². The van der Waals surface area contributed by atoms with E-state index in [0.717, 1.165) is 15.3 Å². The van der Waals surface area contributed by atoms with Crippen LogP contribution in [0.1, 0.15) is 5.56 Å². The second-order valence-corrected chi connectivity index (χ2v) is 6.72. The maximum atomic E-state index is 6.42. The lowest BCUT2D eigenvalue weighted by Crippen LogP contribution is -1.81. The number of halogens is 1. The van der Waals surface area contributed by atoms with Gasteiger partial charge in [0.25, 0.3) is 0 Å². The number of hydrogen-bond donors (Lipinski definition) is 0. The van der Waals surface area contributed by atoms with Gasteiger partial charge in [0.1, 0.15) is 0 Å². The highest BCUT2D eigenvalue weighted by atomic mass is 35.5. The van der Waals surface area contributed by atoms with E-state index in [9.17, 15) is 0 Å². The number of benzene rings is 2. The first-order valence-corrected chi connectivity index (χ1v) is 8.21. The predicted octanol–water partition coefficient (Wildman–Crippen LogP) is 6.77. The van der Waals surface area contributed by atoms with Gasteiger partial charge in [-0.05, 0) is 24.1 Å². The van der Waals surface area contributed by atoms with Gasteiger partial charge in [0.15, 0.2) is 0 Å². The van der Waals surface area contributed by atoms with Gasteiger partial charge in [-0.15, -0.1) is 11.3 Å². The molecule has 21 heavy (non-hydrogen) atoms. The van der Waals surface area contributed by atoms with Crippen molar-refractivity contribution in [1.29, 1.82) is 0 Å². The summed E-state index contributed by atoms with van der Waals surface area (Å²) in [5, 5.41) is 0.664. The Hall–Kier alpha value is -1.48. The normalized spacial score (nSPS) is 10.6. The van der Waals surface area contributed by atoms with Gasteiger partial charge < -0.3 is 0 Å². The minimum atomic E-state index is 0.664. The molecule has 0 atom stereocenters. The molecule has 0 nitrogen and oxygen atoms in total. The molecule has 0 radical (unpaired) electrons. The lowest BCUT2D eigenvalue weighted by Gasteiger charge is -2.08. The minimum absolute atomic E-state index is 0.664. The highest BCUT2D eigenvalue weighted by Crippen LogP contribution is 2.38. The maximum absolute atomic E-state index is 6.42. The van der Waals surface area contributed by atoms with Crippen LogP contribution in [-0.4, -0.2) is 0 Å². The molecular formula is C18H13ClS2. The standard InChI is InChI=1S/C18H13ClS2/c1-12-7-9-13(10-8-12)16-11-15(20)17(19)18(21-16)14-5-3-2-4-6-14/h2-11H,1H3. The SMILES string of the molecule is Cc1ccc(-c2cc(=S)c(Cl)c(-c3ccccc3)s2)cc1. The monoisotopic (exact) mass is 328 g/mol. The van der Waals surface area contributed by atoms with Crippen molar-refractivity contribution >= 4 is 35.2 Å². The third-order valence-electron chi connectivity index (χ3n) is 3.26. The van der Waals surface area contributed by atoms with E-state index in [1.807, 2.05) is 24.3 Å². The average molecular weight is 329 g/mol. The Kier molecular flexibility index (Phi) is 4.20. The molecule has 3 heteroatoms. The molecule has 2 aromatic carbocycles. The third-order valence-corrected chi connectivity index (χ3v) is 5.42. The smallest absolute Gasteiger partial charge is 0.0765 e. The van der Waals surface area contributed by atoms with Gasteiger partial charge in [-0.1, -0.05) is 84.0 Å². The average Bonchev–Trinajstić information content (AvgIpc) is 2.51. The van der Waals surface area contributed by atoms with E-state index >= 15 is 0 Å². The summed E-state index contributed by atoms with van der Waals surface area (Å²) in [7, 11) is 0. The quantitative estimate of drug-likeness (QED) is 0.467. The third kappa shape index (κ3) is 3.08. The van der Waals surface area contributed by atoms with Gasteiger partial charge in [0.05, 0.1) is 14.4 Å². The van der Waals surface area contributed by atoms with Crippen molar-refractivity contribution in [2.75, 3.05) is 0 Å². The molecule has 0 fully saturated rings. The summed E-state index contributed by atoms with van der Waals surface area (Å²) in [6, 6.07) is 20.6. The van der Waals surface area contributed by atoms with E-state index < -0.39 is 0 Å². The summed E-state index contributed by atoms with van der Waals surface area (Å²) in [6.07, 6.45) is 0. The van der Waals surface area contributed by atoms with Crippen molar-refractivity contribution in [3.8, 4) is 20.9 Å². The van der Waals surface area contributed by atoms with Crippen LogP contribution in [0.5, 0.6) is 0 Å². The lowest BCUT2D eigenvalue weighted by molar-refractivity contribution is 1.48. The van der Waals surface area contributed by atoms with Crippen molar-refractivity contribution in [1.82, 2.24) is 0 Å². The van der Waals surface area contributed by atoms with Crippen LogP contribution >= 0.6 is 35.2 Å². The fourth-order valence-electron chi connectivity index (χ4n) is 2.11. The minimum Gasteiger partial charge on any atom is -0.134 e. The van der Waals surface area contributed by atoms with Crippen LogP contribution in [0.3, 0.4) is 0 Å². The Morgan fingerprint density at radius 1 is 0.905 bits per heavy atom. The first-order chi connectivity index (χ1) is 10.1. The number of rotatable bonds is 2. The van der Waals surface area contributed by atoms with Gasteiger partial charge >= 0.3 is 0 Å². The largest absolute Gasteiger partial charge is 0.134 e. The van der Waals surface area contributed by atoms with Gasteiger partial charge in [-0.2, -0.15) is 0 Å². The van der Waals surface area contributed by atoms with Gasteiger partial charge in [-0.3, -0.25) is 0 Å². The Morgan fingerprint density at radius 3 is 2.24 bits per heavy atom. The van der Waals surface area contributed by atoms with E-state index in [-0.39, 0.29) is 0 Å². The molecule has 0 saturated heterocycles. The van der Waals surface area contributed by atoms with Crippen LogP contribution in [0.25, 0.3) is 20.9 Å². The molecule has 104 valence electrons. The van der Waals surface area contributed by atoms with Gasteiger partial charge in [0, 0.05) is 4.88 Å². The summed E-state index contributed by atoms with van der Waals surface area (Å²) in [5.41, 5.74) is 3.53. The van der Waals surface area contributed by atoms with E-state index in [0.29, 0.717) is 9.53 Å². The fraction of sp³-hybridized carbons (Fsp3) is 0.0556. The molecule has 3 rings (SSSR count). The first-order valence-electron chi connectivity index (χ1n) is 6.61. The number of hydrogen-bond acceptors (Lipinski definition) is 2. The Morgan fingerprint density at radius 2 is 1.57 bits per heavy atom. The molecule has 0 aliphatic carbocycles. The second-order valence-electron chi connectivity index (χ2n) is 4.85. The molecular weight excluding hydrogens is 316 g/mol. The second kappa shape index (κ2) is 6.10. The Bertz CT molecular complexity index is 818. The molecule has 1 aromatic heterocycles. The molecule has 0 aliphatic rings. The van der Waals surface area contributed by atoms with E-state index in [4.69, 9.17) is 23.8 Å². The topological polar surface area (TPSA) is 0 Å². The molecule has 0 spiro atoms. The predicted molar refractivity (Wildman–Crippen MR) is 95.8 cm³/mol. The molecule has 0 amide bonds. The molecule has 0 saturated carbocycles. The number of aryl methyl sites for hydroxylation is 1. The van der Waals surface area contributed by atoms with Crippen LogP contribution in [-0.2, 0) is 0 Å². The molecule has 0 unspecified atom stereocenters. The zero-order chi connectivity index (χ0) is 14.8. The summed E-state index contributed by atoms with van der Waals surface area (Å²) < 4.78 is 0.699. The highest BCUT2D eigenvalue weighted by molar-refractivity contribution is 7.71. The van der Waals surface area contributed by atoms with Crippen LogP contribution in [0.15, 0.2) is 60.7 Å². The Labute approximate surface area is 138 Å². The molecule has 3 aromatic rings. The summed E-state index contributed by atoms with van der Waals surface area (Å²) >= 11 is 13.5. The van der Waals surface area contributed by atoms with E-state index in [1.165, 1.54) is 11.1 Å². The van der Waals surface area contributed by atoms with Crippen molar-refractivity contribution < 1.29 is 0 Å². The zero-order valence-electron chi connectivity index (χ0n) is 11.5. The summed E-state index contributed by atoms with van der Waals surface area (Å²) in [5.74, 6) is 0. The van der Waals surface area contributed by atoms with Crippen molar-refractivity contribution in [2.24, 2.45) is 0 Å². The van der Waals surface area contributed by atoms with Crippen molar-refractivity contribution in [2.45, 2.75) is 6.92 Å². The van der Waals surface area contributed by atoms with E-state index in [1.54, 1.807) is 11.3 Å². The van der Waals surface area contributed by atoms with Crippen LogP contribution in [0.4, 0.5) is 0 Å². The van der Waals surface area contributed by atoms with Crippen molar-refractivity contribution in [3.05, 3.63) is 75.8 Å². The highest BCUT2D eigenvalue weighted by Gasteiger charge is 2.09. The summed E-state index contributed by atoms with van der Waals surface area (Å²) in [6.45, 7) is 2.09. The van der Waals surface area contributed by atoms with Crippen LogP contribution < -0.4 is 0 Å². The lowest BCUT2D eigenvalue weighted by atomic mass is 10.1. The molecule has 0 aliphatic heterocycles. The molecule has 0 bridgehead atoms. The van der Waals surface area contributed by atoms with Gasteiger partial charge in [0.2, 0.25) is 0 Å². The summed E-state index contributed by atoms with van der Waals surface area (Å²) in [4.78, 5) is 2.17. The first kappa shape index (κ1) is 14.5. The maximum Gasteiger partial charge on any atom is 0.0765 e. The van der Waals surface area contributed by atoms with Crippen molar-refractivity contribution in [3.63, 3.8) is 0 Å². The zero-order valence-corrected chi connectivity index (χ0v) is 13.9.